The molecule has 1 heterocycles. The average Bonchev–Trinajstić information content (AvgIpc) is 2.92. The molecule has 1 saturated heterocycles. The van der Waals surface area contributed by atoms with Gasteiger partial charge in [0.05, 0.1) is 30.9 Å². The van der Waals surface area contributed by atoms with Gasteiger partial charge in [-0.15, -0.1) is 0 Å². The molecule has 0 atom stereocenters. The summed E-state index contributed by atoms with van der Waals surface area (Å²) < 4.78 is 52.7. The van der Waals surface area contributed by atoms with Gasteiger partial charge in [0.15, 0.2) is 0 Å². The molecule has 8 nitrogen and oxygen atoms in total. The molecule has 3 aromatic rings. The fraction of sp³-hybridized carbons (Fsp3) is 0.269. The van der Waals surface area contributed by atoms with Crippen LogP contribution in [-0.2, 0) is 26.1 Å². The number of carbonyl (C=O) groups is 1. The van der Waals surface area contributed by atoms with Crippen molar-refractivity contribution < 1.29 is 27.1 Å². The minimum atomic E-state index is -4.24. The summed E-state index contributed by atoms with van der Waals surface area (Å²) >= 11 is 0. The van der Waals surface area contributed by atoms with E-state index in [0.29, 0.717) is 19.0 Å². The summed E-state index contributed by atoms with van der Waals surface area (Å²) in [6, 6.07) is 18.9. The number of nitrogens with one attached hydrogen (secondary N) is 1. The fourth-order valence-electron chi connectivity index (χ4n) is 3.86. The van der Waals surface area contributed by atoms with Crippen LogP contribution in [0.3, 0.4) is 0 Å². The number of halogens is 1. The van der Waals surface area contributed by atoms with Crippen molar-refractivity contribution in [2.45, 2.75) is 11.4 Å². The summed E-state index contributed by atoms with van der Waals surface area (Å²) in [7, 11) is -2.77. The number of rotatable bonds is 9. The lowest BCUT2D eigenvalue weighted by atomic mass is 10.2. The van der Waals surface area contributed by atoms with Crippen LogP contribution in [0.1, 0.15) is 5.56 Å². The Morgan fingerprint density at radius 2 is 1.69 bits per heavy atom. The maximum Gasteiger partial charge on any atom is 0.264 e. The van der Waals surface area contributed by atoms with Crippen LogP contribution in [0.5, 0.6) is 5.75 Å². The molecule has 190 valence electrons. The van der Waals surface area contributed by atoms with Gasteiger partial charge in [0.25, 0.3) is 10.0 Å². The summed E-state index contributed by atoms with van der Waals surface area (Å²) in [5, 5.41) is 2.74. The molecule has 1 N–H and O–H groups in total. The van der Waals surface area contributed by atoms with Gasteiger partial charge in [-0.25, -0.2) is 12.8 Å². The quantitative estimate of drug-likeness (QED) is 0.473. The number of benzene rings is 3. The Morgan fingerprint density at radius 3 is 2.33 bits per heavy atom. The molecule has 0 bridgehead atoms. The zero-order valence-electron chi connectivity index (χ0n) is 19.9. The van der Waals surface area contributed by atoms with E-state index in [9.17, 15) is 17.6 Å². The van der Waals surface area contributed by atoms with Crippen molar-refractivity contribution in [1.82, 2.24) is 5.32 Å². The highest BCUT2D eigenvalue weighted by atomic mass is 32.2. The molecule has 0 spiro atoms. The van der Waals surface area contributed by atoms with E-state index in [4.69, 9.17) is 9.47 Å². The molecular weight excluding hydrogens is 485 g/mol. The van der Waals surface area contributed by atoms with Gasteiger partial charge < -0.3 is 19.7 Å². The normalized spacial score (nSPS) is 13.8. The van der Waals surface area contributed by atoms with Crippen LogP contribution in [-0.4, -0.2) is 54.3 Å². The second-order valence-corrected chi connectivity index (χ2v) is 10.0. The second-order valence-electron chi connectivity index (χ2n) is 8.18. The molecule has 1 amide bonds. The molecular formula is C26H28FN3O5S. The fourth-order valence-corrected chi connectivity index (χ4v) is 5.29. The number of sulfonamides is 1. The molecule has 0 aliphatic carbocycles. The van der Waals surface area contributed by atoms with E-state index in [1.807, 2.05) is 24.3 Å². The first-order valence-electron chi connectivity index (χ1n) is 11.5. The van der Waals surface area contributed by atoms with Crippen molar-refractivity contribution in [3.63, 3.8) is 0 Å². The highest BCUT2D eigenvalue weighted by Crippen LogP contribution is 2.27. The molecule has 0 aromatic heterocycles. The standard InChI is InChI=1S/C26H28FN3O5S/c1-34-22-10-12-23(13-11-22)36(32,33)30(25-5-3-2-4-24(25)27)19-26(31)28-18-20-6-8-21(9-7-20)29-14-16-35-17-15-29/h2-13H,14-19H2,1H3,(H,28,31). The highest BCUT2D eigenvalue weighted by Gasteiger charge is 2.29. The van der Waals surface area contributed by atoms with Crippen LogP contribution in [0.25, 0.3) is 0 Å². The maximum atomic E-state index is 14.6. The third-order valence-electron chi connectivity index (χ3n) is 5.86. The predicted octanol–water partition coefficient (Wildman–Crippen LogP) is 3.18. The van der Waals surface area contributed by atoms with Crippen LogP contribution >= 0.6 is 0 Å². The van der Waals surface area contributed by atoms with E-state index in [0.717, 1.165) is 34.7 Å². The van der Waals surface area contributed by atoms with Crippen molar-refractivity contribution in [1.29, 1.82) is 0 Å². The van der Waals surface area contributed by atoms with E-state index in [1.165, 1.54) is 49.6 Å². The number of methoxy groups -OCH3 is 1. The monoisotopic (exact) mass is 513 g/mol. The lowest BCUT2D eigenvalue weighted by Crippen LogP contribution is -2.41. The van der Waals surface area contributed by atoms with Crippen LogP contribution in [0.15, 0.2) is 77.7 Å². The van der Waals surface area contributed by atoms with Crippen molar-refractivity contribution in [2.75, 3.05) is 49.2 Å². The maximum absolute atomic E-state index is 14.6. The first-order chi connectivity index (χ1) is 17.4. The summed E-state index contributed by atoms with van der Waals surface area (Å²) in [6.45, 7) is 2.65. The molecule has 3 aromatic carbocycles. The first kappa shape index (κ1) is 25.5. The zero-order chi connectivity index (χ0) is 25.5. The summed E-state index contributed by atoms with van der Waals surface area (Å²) in [5.41, 5.74) is 1.72. The SMILES string of the molecule is COc1ccc(S(=O)(=O)N(CC(=O)NCc2ccc(N3CCOCC3)cc2)c2ccccc2F)cc1. The van der Waals surface area contributed by atoms with E-state index in [2.05, 4.69) is 10.2 Å². The molecule has 1 aliphatic rings. The average molecular weight is 514 g/mol. The lowest BCUT2D eigenvalue weighted by molar-refractivity contribution is -0.119. The lowest BCUT2D eigenvalue weighted by Gasteiger charge is -2.29. The van der Waals surface area contributed by atoms with Gasteiger partial charge in [0, 0.05) is 25.3 Å². The predicted molar refractivity (Wildman–Crippen MR) is 135 cm³/mol. The van der Waals surface area contributed by atoms with Crippen molar-refractivity contribution in [3.8, 4) is 5.75 Å². The van der Waals surface area contributed by atoms with Crippen LogP contribution < -0.4 is 19.3 Å². The van der Waals surface area contributed by atoms with E-state index in [-0.39, 0.29) is 17.1 Å². The molecule has 4 rings (SSSR count). The molecule has 0 radical (unpaired) electrons. The Bertz CT molecular complexity index is 1280. The Hall–Kier alpha value is -3.63. The first-order valence-corrected chi connectivity index (χ1v) is 12.9. The number of anilines is 2. The van der Waals surface area contributed by atoms with Gasteiger partial charge in [-0.1, -0.05) is 24.3 Å². The van der Waals surface area contributed by atoms with Crippen LogP contribution in [0.4, 0.5) is 15.8 Å². The topological polar surface area (TPSA) is 88.2 Å². The smallest absolute Gasteiger partial charge is 0.264 e. The Morgan fingerprint density at radius 1 is 1.03 bits per heavy atom. The van der Waals surface area contributed by atoms with Gasteiger partial charge in [0.2, 0.25) is 5.91 Å². The molecule has 1 fully saturated rings. The van der Waals surface area contributed by atoms with Crippen molar-refractivity contribution in [2.24, 2.45) is 0 Å². The van der Waals surface area contributed by atoms with E-state index in [1.54, 1.807) is 0 Å². The number of morpholine rings is 1. The number of nitrogens with zero attached hydrogens (tertiary/aromatic N) is 2. The Kier molecular flexibility index (Phi) is 8.07. The third-order valence-corrected chi connectivity index (χ3v) is 7.63. The molecule has 10 heteroatoms. The second kappa shape index (κ2) is 11.4. The Labute approximate surface area is 210 Å². The molecule has 36 heavy (non-hydrogen) atoms. The van der Waals surface area contributed by atoms with Crippen LogP contribution in [0, 0.1) is 5.82 Å². The number of carbonyl (C=O) groups excluding carboxylic acids is 1. The van der Waals surface area contributed by atoms with E-state index >= 15 is 0 Å². The van der Waals surface area contributed by atoms with E-state index < -0.39 is 28.3 Å². The molecule has 1 aliphatic heterocycles. The zero-order valence-corrected chi connectivity index (χ0v) is 20.7. The number of hydrogen-bond donors (Lipinski definition) is 1. The minimum absolute atomic E-state index is 0.0851. The third kappa shape index (κ3) is 5.95. The van der Waals surface area contributed by atoms with Gasteiger partial charge in [-0.3, -0.25) is 9.10 Å². The number of hydrogen-bond acceptors (Lipinski definition) is 6. The minimum Gasteiger partial charge on any atom is -0.497 e. The van der Waals surface area contributed by atoms with Gasteiger partial charge >= 0.3 is 0 Å². The number of para-hydroxylation sites is 1. The molecule has 0 saturated carbocycles. The van der Waals surface area contributed by atoms with Gasteiger partial charge in [-0.05, 0) is 54.1 Å². The summed E-state index contributed by atoms with van der Waals surface area (Å²) in [6.07, 6.45) is 0. The van der Waals surface area contributed by atoms with Crippen LogP contribution in [0.2, 0.25) is 0 Å². The number of ether oxygens (including phenoxy) is 2. The van der Waals surface area contributed by atoms with Crippen molar-refractivity contribution in [3.05, 3.63) is 84.2 Å². The molecule has 0 unspecified atom stereocenters. The number of amides is 1. The van der Waals surface area contributed by atoms with Gasteiger partial charge in [-0.2, -0.15) is 0 Å². The van der Waals surface area contributed by atoms with Crippen molar-refractivity contribution >= 4 is 27.3 Å². The highest BCUT2D eigenvalue weighted by molar-refractivity contribution is 7.92. The van der Waals surface area contributed by atoms with Gasteiger partial charge in [0.1, 0.15) is 18.1 Å². The largest absolute Gasteiger partial charge is 0.497 e. The Balaban J connectivity index is 1.48. The summed E-state index contributed by atoms with van der Waals surface area (Å²) in [5.74, 6) is -0.836. The summed E-state index contributed by atoms with van der Waals surface area (Å²) in [4.78, 5) is 15.0.